The van der Waals surface area contributed by atoms with Crippen LogP contribution in [0.25, 0.3) is 6.08 Å². The van der Waals surface area contributed by atoms with Crippen LogP contribution < -0.4 is 10.5 Å². The van der Waals surface area contributed by atoms with Crippen molar-refractivity contribution in [1.82, 2.24) is 9.47 Å². The highest BCUT2D eigenvalue weighted by Gasteiger charge is 2.31. The number of anilines is 1. The molecule has 0 aromatic carbocycles. The van der Waals surface area contributed by atoms with Crippen molar-refractivity contribution in [2.75, 3.05) is 38.3 Å². The smallest absolute Gasteiger partial charge is 0.270 e. The van der Waals surface area contributed by atoms with Gasteiger partial charge in [0.2, 0.25) is 0 Å². The molecule has 0 bridgehead atoms. The van der Waals surface area contributed by atoms with E-state index in [4.69, 9.17) is 17.0 Å². The number of morpholine rings is 1. The van der Waals surface area contributed by atoms with Gasteiger partial charge in [0.15, 0.2) is 0 Å². The second kappa shape index (κ2) is 9.11. The van der Waals surface area contributed by atoms with Gasteiger partial charge < -0.3 is 9.64 Å². The number of ether oxygens (including phenoxy) is 1. The number of amides is 1. The van der Waals surface area contributed by atoms with Crippen LogP contribution in [0.2, 0.25) is 0 Å². The van der Waals surface area contributed by atoms with E-state index in [1.54, 1.807) is 24.6 Å². The zero-order valence-electron chi connectivity index (χ0n) is 16.9. The third-order valence-electron chi connectivity index (χ3n) is 5.15. The normalized spacial score (nSPS) is 18.6. The standard InChI is InChI=1S/C20H24N4O3S2/c1-4-5-6-24-17(23-7-9-27-10-8-23)14(13(2)15(12-21)18(24)25)11-16-19(26)22(3)20(28)29-16/h11H,4-10H2,1-3H3/b16-11+. The molecule has 0 radical (unpaired) electrons. The topological polar surface area (TPSA) is 78.6 Å². The maximum absolute atomic E-state index is 13.1. The molecule has 9 heteroatoms. The number of likely N-dealkylation sites (N-methyl/N-ethyl adjacent to an activating group) is 1. The number of nitriles is 1. The number of thiocarbonyl (C=S) groups is 1. The van der Waals surface area contributed by atoms with E-state index in [0.29, 0.717) is 47.6 Å². The van der Waals surface area contributed by atoms with Crippen LogP contribution >= 0.6 is 24.0 Å². The summed E-state index contributed by atoms with van der Waals surface area (Å²) in [5.74, 6) is 0.585. The van der Waals surface area contributed by atoms with Gasteiger partial charge in [-0.1, -0.05) is 37.3 Å². The lowest BCUT2D eigenvalue weighted by atomic mass is 10.0. The van der Waals surface area contributed by atoms with E-state index in [0.717, 1.165) is 24.2 Å². The van der Waals surface area contributed by atoms with Gasteiger partial charge in [-0.2, -0.15) is 5.26 Å². The number of pyridine rings is 1. The fourth-order valence-corrected chi connectivity index (χ4v) is 4.62. The van der Waals surface area contributed by atoms with Gasteiger partial charge in [0.1, 0.15) is 21.8 Å². The summed E-state index contributed by atoms with van der Waals surface area (Å²) in [5.41, 5.74) is 1.16. The molecule has 2 saturated heterocycles. The van der Waals surface area contributed by atoms with E-state index in [-0.39, 0.29) is 17.0 Å². The molecule has 2 aliphatic rings. The van der Waals surface area contributed by atoms with Crippen LogP contribution in [0.4, 0.5) is 5.82 Å². The van der Waals surface area contributed by atoms with E-state index in [1.165, 1.54) is 16.7 Å². The number of aromatic nitrogens is 1. The second-order valence-corrected chi connectivity index (χ2v) is 8.68. The molecule has 2 aliphatic heterocycles. The summed E-state index contributed by atoms with van der Waals surface area (Å²) >= 11 is 6.49. The van der Waals surface area contributed by atoms with Gasteiger partial charge in [-0.15, -0.1) is 0 Å². The fourth-order valence-electron chi connectivity index (χ4n) is 3.46. The summed E-state index contributed by atoms with van der Waals surface area (Å²) in [6.07, 6.45) is 3.53. The Labute approximate surface area is 179 Å². The Bertz CT molecular complexity index is 971. The molecule has 0 spiro atoms. The van der Waals surface area contributed by atoms with Gasteiger partial charge in [-0.3, -0.25) is 19.1 Å². The molecule has 3 rings (SSSR count). The molecule has 3 heterocycles. The zero-order chi connectivity index (χ0) is 21.1. The van der Waals surface area contributed by atoms with Crippen molar-refractivity contribution in [3.63, 3.8) is 0 Å². The van der Waals surface area contributed by atoms with Gasteiger partial charge in [-0.25, -0.2) is 0 Å². The van der Waals surface area contributed by atoms with Crippen molar-refractivity contribution in [2.24, 2.45) is 0 Å². The van der Waals surface area contributed by atoms with Crippen LogP contribution in [0, 0.1) is 18.3 Å². The van der Waals surface area contributed by atoms with E-state index in [1.807, 2.05) is 0 Å². The Kier molecular flexibility index (Phi) is 6.77. The lowest BCUT2D eigenvalue weighted by Crippen LogP contribution is -2.41. The number of hydrogen-bond donors (Lipinski definition) is 0. The lowest BCUT2D eigenvalue weighted by Gasteiger charge is -2.33. The molecule has 0 aliphatic carbocycles. The molecular weight excluding hydrogens is 408 g/mol. The van der Waals surface area contributed by atoms with Crippen molar-refractivity contribution in [3.8, 4) is 6.07 Å². The number of carbonyl (C=O) groups is 1. The van der Waals surface area contributed by atoms with Gasteiger partial charge >= 0.3 is 0 Å². The van der Waals surface area contributed by atoms with Gasteiger partial charge in [-0.05, 0) is 25.0 Å². The van der Waals surface area contributed by atoms with Gasteiger partial charge in [0.05, 0.1) is 18.1 Å². The summed E-state index contributed by atoms with van der Waals surface area (Å²) in [6.45, 7) is 6.78. The Morgan fingerprint density at radius 1 is 1.31 bits per heavy atom. The molecule has 0 N–H and O–H groups in total. The lowest BCUT2D eigenvalue weighted by molar-refractivity contribution is -0.121. The van der Waals surface area contributed by atoms with Crippen molar-refractivity contribution in [2.45, 2.75) is 33.2 Å². The Balaban J connectivity index is 2.27. The van der Waals surface area contributed by atoms with Crippen molar-refractivity contribution in [3.05, 3.63) is 31.9 Å². The van der Waals surface area contributed by atoms with Crippen LogP contribution in [0.3, 0.4) is 0 Å². The first-order chi connectivity index (χ1) is 13.9. The molecule has 1 aromatic heterocycles. The van der Waals surface area contributed by atoms with E-state index in [2.05, 4.69) is 17.9 Å². The molecule has 0 unspecified atom stereocenters. The van der Waals surface area contributed by atoms with Crippen LogP contribution in [-0.4, -0.2) is 53.0 Å². The van der Waals surface area contributed by atoms with Gasteiger partial charge in [0, 0.05) is 32.2 Å². The number of unbranched alkanes of at least 4 members (excludes halogenated alkanes) is 1. The summed E-state index contributed by atoms with van der Waals surface area (Å²) in [4.78, 5) is 29.7. The molecular formula is C20H24N4O3S2. The van der Waals surface area contributed by atoms with E-state index in [9.17, 15) is 14.9 Å². The predicted molar refractivity (Wildman–Crippen MR) is 119 cm³/mol. The summed E-state index contributed by atoms with van der Waals surface area (Å²) in [7, 11) is 1.65. The Hall–Kier alpha value is -2.15. The third-order valence-corrected chi connectivity index (χ3v) is 6.64. The van der Waals surface area contributed by atoms with E-state index >= 15 is 0 Å². The molecule has 7 nitrogen and oxygen atoms in total. The third kappa shape index (κ3) is 4.10. The minimum atomic E-state index is -0.278. The first kappa shape index (κ1) is 21.6. The molecule has 0 saturated carbocycles. The summed E-state index contributed by atoms with van der Waals surface area (Å²) in [6, 6.07) is 2.07. The summed E-state index contributed by atoms with van der Waals surface area (Å²) < 4.78 is 7.67. The maximum Gasteiger partial charge on any atom is 0.270 e. The highest BCUT2D eigenvalue weighted by molar-refractivity contribution is 8.26. The fraction of sp³-hybridized carbons (Fsp3) is 0.500. The second-order valence-electron chi connectivity index (χ2n) is 7.00. The Morgan fingerprint density at radius 2 is 2.00 bits per heavy atom. The largest absolute Gasteiger partial charge is 0.378 e. The van der Waals surface area contributed by atoms with Crippen LogP contribution in [0.15, 0.2) is 9.70 Å². The highest BCUT2D eigenvalue weighted by Crippen LogP contribution is 2.35. The average Bonchev–Trinajstić information content (AvgIpc) is 2.96. The molecule has 0 atom stereocenters. The van der Waals surface area contributed by atoms with Crippen LogP contribution in [-0.2, 0) is 16.1 Å². The minimum absolute atomic E-state index is 0.122. The van der Waals surface area contributed by atoms with Crippen LogP contribution in [0.1, 0.15) is 36.5 Å². The first-order valence-corrected chi connectivity index (χ1v) is 10.8. The Morgan fingerprint density at radius 3 is 2.55 bits per heavy atom. The molecule has 2 fully saturated rings. The average molecular weight is 433 g/mol. The maximum atomic E-state index is 13.1. The summed E-state index contributed by atoms with van der Waals surface area (Å²) in [5, 5.41) is 9.65. The van der Waals surface area contributed by atoms with E-state index < -0.39 is 0 Å². The molecule has 1 aromatic rings. The number of nitrogens with zero attached hydrogens (tertiary/aromatic N) is 4. The quantitative estimate of drug-likeness (QED) is 0.522. The first-order valence-electron chi connectivity index (χ1n) is 9.62. The van der Waals surface area contributed by atoms with Crippen LogP contribution in [0.5, 0.6) is 0 Å². The minimum Gasteiger partial charge on any atom is -0.378 e. The molecule has 154 valence electrons. The monoisotopic (exact) mass is 432 g/mol. The van der Waals surface area contributed by atoms with Gasteiger partial charge in [0.25, 0.3) is 11.5 Å². The van der Waals surface area contributed by atoms with Crippen molar-refractivity contribution in [1.29, 1.82) is 5.26 Å². The number of thioether (sulfide) groups is 1. The SMILES string of the molecule is CCCCn1c(N2CCOCC2)c(/C=C2/SC(=S)N(C)C2=O)c(C)c(C#N)c1=O. The molecule has 1 amide bonds. The predicted octanol–water partition coefficient (Wildman–Crippen LogP) is 2.50. The zero-order valence-corrected chi connectivity index (χ0v) is 18.5. The number of carbonyl (C=O) groups excluding carboxylic acids is 1. The highest BCUT2D eigenvalue weighted by atomic mass is 32.2. The number of hydrogen-bond acceptors (Lipinski definition) is 7. The number of rotatable bonds is 5. The van der Waals surface area contributed by atoms with Crippen molar-refractivity contribution < 1.29 is 9.53 Å². The van der Waals surface area contributed by atoms with Crippen molar-refractivity contribution >= 4 is 46.1 Å². The molecule has 29 heavy (non-hydrogen) atoms.